The largest absolute Gasteiger partial charge is 1.00 e. The van der Waals surface area contributed by atoms with Crippen LogP contribution < -0.4 is 40.0 Å². The summed E-state index contributed by atoms with van der Waals surface area (Å²) < 4.78 is 0. The van der Waals surface area contributed by atoms with Crippen LogP contribution in [0.3, 0.4) is 0 Å². The summed E-state index contributed by atoms with van der Waals surface area (Å²) in [4.78, 5) is 20.7. The van der Waals surface area contributed by atoms with Crippen LogP contribution in [-0.2, 0) is 9.59 Å². The van der Waals surface area contributed by atoms with Gasteiger partial charge in [-0.3, -0.25) is 4.79 Å². The number of aromatic hydroxyl groups is 1. The first-order chi connectivity index (χ1) is 6.50. The van der Waals surface area contributed by atoms with Gasteiger partial charge in [0.15, 0.2) is 0 Å². The van der Waals surface area contributed by atoms with Gasteiger partial charge in [-0.25, -0.2) is 0 Å². The van der Waals surface area contributed by atoms with Crippen LogP contribution in [0.15, 0.2) is 18.2 Å². The van der Waals surface area contributed by atoms with Crippen molar-refractivity contribution in [2.24, 2.45) is 0 Å². The predicted molar refractivity (Wildman–Crippen MR) is 46.8 cm³/mol. The van der Waals surface area contributed by atoms with E-state index in [9.17, 15) is 19.8 Å². The van der Waals surface area contributed by atoms with Gasteiger partial charge in [0, 0.05) is 5.02 Å². The van der Waals surface area contributed by atoms with Gasteiger partial charge in [0.05, 0.1) is 5.69 Å². The Kier molecular flexibility index (Phi) is 5.67. The van der Waals surface area contributed by atoms with Crippen molar-refractivity contribution in [1.29, 1.82) is 0 Å². The van der Waals surface area contributed by atoms with E-state index in [1.165, 1.54) is 18.2 Å². The number of phenols is 1. The van der Waals surface area contributed by atoms with Gasteiger partial charge in [-0.1, -0.05) is 11.6 Å². The molecule has 7 heteroatoms. The molecule has 15 heavy (non-hydrogen) atoms. The van der Waals surface area contributed by atoms with Crippen LogP contribution in [0.2, 0.25) is 5.02 Å². The summed E-state index contributed by atoms with van der Waals surface area (Å²) in [6, 6.07) is 3.84. The first kappa shape index (κ1) is 14.2. The molecule has 0 radical (unpaired) electrons. The average Bonchev–Trinajstić information content (AvgIpc) is 2.11. The van der Waals surface area contributed by atoms with Gasteiger partial charge in [-0.05, 0) is 18.2 Å². The van der Waals surface area contributed by atoms with Crippen molar-refractivity contribution in [3.63, 3.8) is 0 Å². The summed E-state index contributed by atoms with van der Waals surface area (Å²) in [5.74, 6) is -3.50. The van der Waals surface area contributed by atoms with Crippen LogP contribution in [-0.4, -0.2) is 17.0 Å². The molecule has 1 aromatic rings. The number of nitrogens with one attached hydrogen (secondary N) is 1. The number of phenolic OH excluding ortho intramolecular Hbond substituents is 1. The molecule has 0 aliphatic rings. The molecule has 0 bridgehead atoms. The number of aliphatic carboxylic acids is 1. The second kappa shape index (κ2) is 5.97. The zero-order valence-corrected chi connectivity index (χ0v) is 10.5. The fourth-order valence-corrected chi connectivity index (χ4v) is 0.954. The number of rotatable bonds is 1. The van der Waals surface area contributed by atoms with E-state index in [-0.39, 0.29) is 46.0 Å². The number of carboxylic acids is 1. The number of anilines is 1. The van der Waals surface area contributed by atoms with E-state index in [4.69, 9.17) is 11.6 Å². The molecule has 1 rings (SSSR count). The predicted octanol–water partition coefficient (Wildman–Crippen LogP) is -3.26. The van der Waals surface area contributed by atoms with E-state index < -0.39 is 11.9 Å². The fraction of sp³-hybridized carbons (Fsp3) is 0. The van der Waals surface area contributed by atoms with Crippen LogP contribution in [0, 0.1) is 0 Å². The second-order valence-electron chi connectivity index (χ2n) is 2.40. The molecule has 0 fully saturated rings. The molecule has 74 valence electrons. The van der Waals surface area contributed by atoms with E-state index in [2.05, 4.69) is 0 Å². The Hall–Kier alpha value is -0.750. The third-order valence-corrected chi connectivity index (χ3v) is 1.63. The summed E-state index contributed by atoms with van der Waals surface area (Å²) in [5, 5.41) is 21.4. The zero-order chi connectivity index (χ0) is 10.7. The molecule has 2 N–H and O–H groups in total. The van der Waals surface area contributed by atoms with Gasteiger partial charge in [0.25, 0.3) is 5.91 Å². The zero-order valence-electron chi connectivity index (χ0n) is 7.78. The Morgan fingerprint density at radius 3 is 2.53 bits per heavy atom. The molecule has 0 atom stereocenters. The molecule has 0 aliphatic heterocycles. The summed E-state index contributed by atoms with van der Waals surface area (Å²) in [6.45, 7) is 0. The third kappa shape index (κ3) is 4.09. The van der Waals surface area contributed by atoms with Crippen molar-refractivity contribution in [1.82, 2.24) is 0 Å². The van der Waals surface area contributed by atoms with Crippen LogP contribution in [0.4, 0.5) is 5.69 Å². The number of hydrogen-bond donors (Lipinski definition) is 2. The fourth-order valence-electron chi connectivity index (χ4n) is 0.782. The summed E-state index contributed by atoms with van der Waals surface area (Å²) in [5.41, 5.74) is -0.0771. The first-order valence-corrected chi connectivity index (χ1v) is 3.89. The topological polar surface area (TPSA) is 89.5 Å². The Morgan fingerprint density at radius 2 is 2.00 bits per heavy atom. The first-order valence-electron chi connectivity index (χ1n) is 3.51. The number of carbonyl (C=O) groups excluding carboxylic acids is 2. The van der Waals surface area contributed by atoms with Crippen LogP contribution in [0.25, 0.3) is 0 Å². The maximum absolute atomic E-state index is 10.6. The number of carboxylic acid groups (broad SMARTS) is 1. The minimum Gasteiger partial charge on any atom is -0.540 e. The molecular weight excluding hydrogens is 233 g/mol. The minimum absolute atomic E-state index is 0. The van der Waals surface area contributed by atoms with E-state index in [1.54, 1.807) is 0 Å². The minimum atomic E-state index is -1.88. The smallest absolute Gasteiger partial charge is 0.540 e. The molecule has 0 heterocycles. The van der Waals surface area contributed by atoms with Gasteiger partial charge in [-0.2, -0.15) is 0 Å². The molecule has 5 nitrogen and oxygen atoms in total. The third-order valence-electron chi connectivity index (χ3n) is 1.39. The maximum Gasteiger partial charge on any atom is 1.00 e. The van der Waals surface area contributed by atoms with Crippen LogP contribution in [0.5, 0.6) is 5.75 Å². The molecule has 0 spiro atoms. The van der Waals surface area contributed by atoms with Crippen molar-refractivity contribution in [3.8, 4) is 5.75 Å². The van der Waals surface area contributed by atoms with Crippen molar-refractivity contribution in [2.75, 3.05) is 5.32 Å². The molecule has 1 aromatic carbocycles. The molecule has 0 unspecified atom stereocenters. The standard InChI is InChI=1S/C8H6ClNO4.Na/c9-4-1-2-6(11)5(3-4)10-7(12)8(13)14;/h1-3,11H,(H,10,12)(H,13,14);/q;+1/p-1. The maximum atomic E-state index is 10.6. The quantitative estimate of drug-likeness (QED) is 0.305. The van der Waals surface area contributed by atoms with Crippen molar-refractivity contribution in [3.05, 3.63) is 23.2 Å². The van der Waals surface area contributed by atoms with E-state index in [0.29, 0.717) is 0 Å². The number of amides is 1. The van der Waals surface area contributed by atoms with E-state index in [1.807, 2.05) is 5.32 Å². The van der Waals surface area contributed by atoms with Crippen molar-refractivity contribution in [2.45, 2.75) is 0 Å². The Morgan fingerprint density at radius 1 is 1.40 bits per heavy atom. The van der Waals surface area contributed by atoms with Gasteiger partial charge in [0.2, 0.25) is 0 Å². The average molecular weight is 238 g/mol. The Labute approximate surface area is 112 Å². The normalized spacial score (nSPS) is 8.87. The Balaban J connectivity index is 0.00000196. The number of carbonyl (C=O) groups is 2. The second-order valence-corrected chi connectivity index (χ2v) is 2.84. The Bertz CT molecular complexity index is 396. The van der Waals surface area contributed by atoms with E-state index >= 15 is 0 Å². The molecular formula is C8H5ClNNaO4. The summed E-state index contributed by atoms with van der Waals surface area (Å²) >= 11 is 5.55. The number of hydrogen-bond acceptors (Lipinski definition) is 4. The monoisotopic (exact) mass is 237 g/mol. The number of benzene rings is 1. The van der Waals surface area contributed by atoms with Crippen molar-refractivity contribution < 1.29 is 49.4 Å². The van der Waals surface area contributed by atoms with Crippen LogP contribution >= 0.6 is 11.6 Å². The van der Waals surface area contributed by atoms with Gasteiger partial charge < -0.3 is 20.3 Å². The van der Waals surface area contributed by atoms with Crippen LogP contribution in [0.1, 0.15) is 0 Å². The summed E-state index contributed by atoms with van der Waals surface area (Å²) in [7, 11) is 0. The summed E-state index contributed by atoms with van der Waals surface area (Å²) in [6.07, 6.45) is 0. The number of halogens is 1. The molecule has 0 aromatic heterocycles. The SMILES string of the molecule is O=C([O-])C(=O)Nc1cc(Cl)ccc1O.[Na+]. The van der Waals surface area contributed by atoms with Crippen molar-refractivity contribution >= 4 is 29.2 Å². The van der Waals surface area contributed by atoms with E-state index in [0.717, 1.165) is 0 Å². The molecule has 0 aliphatic carbocycles. The van der Waals surface area contributed by atoms with Gasteiger partial charge in [0.1, 0.15) is 11.7 Å². The van der Waals surface area contributed by atoms with Gasteiger partial charge >= 0.3 is 29.6 Å². The molecule has 1 amide bonds. The van der Waals surface area contributed by atoms with Gasteiger partial charge in [-0.15, -0.1) is 0 Å². The molecule has 0 saturated carbocycles. The molecule has 0 saturated heterocycles.